The maximum Gasteiger partial charge on any atom is 0.221 e. The van der Waals surface area contributed by atoms with E-state index in [1.807, 2.05) is 24.3 Å². The Kier molecular flexibility index (Phi) is 5.81. The molecule has 0 radical (unpaired) electrons. The summed E-state index contributed by atoms with van der Waals surface area (Å²) in [6.07, 6.45) is 3.24. The van der Waals surface area contributed by atoms with Crippen LogP contribution in [0.5, 0.6) is 0 Å². The topological polar surface area (TPSA) is 70.7 Å². The lowest BCUT2D eigenvalue weighted by atomic mass is 10.00. The number of amides is 1. The highest BCUT2D eigenvalue weighted by atomic mass is 16.1. The van der Waals surface area contributed by atoms with Gasteiger partial charge in [-0.3, -0.25) is 9.79 Å². The number of nitrogens with two attached hydrogens (primary N) is 1. The summed E-state index contributed by atoms with van der Waals surface area (Å²) in [6, 6.07) is 7.85. The highest BCUT2D eigenvalue weighted by Crippen LogP contribution is 2.15. The summed E-state index contributed by atoms with van der Waals surface area (Å²) in [5.41, 5.74) is 8.08. The lowest BCUT2D eigenvalue weighted by Crippen LogP contribution is -2.42. The fourth-order valence-electron chi connectivity index (χ4n) is 2.60. The number of rotatable bonds is 4. The smallest absolute Gasteiger partial charge is 0.221 e. The predicted octanol–water partition coefficient (Wildman–Crippen LogP) is 2.23. The highest BCUT2D eigenvalue weighted by molar-refractivity contribution is 5.88. The summed E-state index contributed by atoms with van der Waals surface area (Å²) in [4.78, 5) is 17.6. The second-order valence-electron chi connectivity index (χ2n) is 6.04. The summed E-state index contributed by atoms with van der Waals surface area (Å²) in [5, 5.41) is 2.76. The predicted molar refractivity (Wildman–Crippen MR) is 90.9 cm³/mol. The molecular formula is C17H26N4O. The molecule has 0 spiro atoms. The molecule has 22 heavy (non-hydrogen) atoms. The van der Waals surface area contributed by atoms with Gasteiger partial charge in [0.1, 0.15) is 0 Å². The molecule has 0 saturated carbocycles. The highest BCUT2D eigenvalue weighted by Gasteiger charge is 2.16. The van der Waals surface area contributed by atoms with Crippen molar-refractivity contribution in [1.29, 1.82) is 0 Å². The molecule has 1 amide bonds. The van der Waals surface area contributed by atoms with E-state index in [2.05, 4.69) is 22.1 Å². The van der Waals surface area contributed by atoms with Crippen molar-refractivity contribution in [2.45, 2.75) is 33.1 Å². The number of aliphatic imine (C=N–C) groups is 1. The zero-order chi connectivity index (χ0) is 15.9. The molecular weight excluding hydrogens is 276 g/mol. The number of hydrogen-bond acceptors (Lipinski definition) is 2. The third-order valence-corrected chi connectivity index (χ3v) is 4.06. The number of guanidine groups is 1. The van der Waals surface area contributed by atoms with Crippen LogP contribution in [0.2, 0.25) is 0 Å². The maximum atomic E-state index is 11.0. The average Bonchev–Trinajstić information content (AvgIpc) is 2.49. The Balaban J connectivity index is 1.79. The van der Waals surface area contributed by atoms with Crippen molar-refractivity contribution in [2.24, 2.45) is 16.6 Å². The number of anilines is 1. The van der Waals surface area contributed by atoms with Crippen LogP contribution in [0.4, 0.5) is 5.69 Å². The first-order valence-corrected chi connectivity index (χ1v) is 7.96. The molecule has 1 heterocycles. The van der Waals surface area contributed by atoms with Gasteiger partial charge in [-0.05, 0) is 42.9 Å². The number of carbonyl (C=O) groups excluding carboxylic acids is 1. The standard InChI is InChI=1S/C17H26N4O/c1-13-8-11-21(12-9-13)17(18)19-10-7-15-3-5-16(6-4-15)20-14(2)22/h3-6,13H,7-12H2,1-2H3,(H2,18,19)(H,20,22). The first kappa shape index (κ1) is 16.3. The third kappa shape index (κ3) is 5.06. The summed E-state index contributed by atoms with van der Waals surface area (Å²) >= 11 is 0. The van der Waals surface area contributed by atoms with Crippen molar-refractivity contribution in [3.8, 4) is 0 Å². The van der Waals surface area contributed by atoms with Gasteiger partial charge in [-0.2, -0.15) is 0 Å². The molecule has 120 valence electrons. The minimum atomic E-state index is -0.0547. The molecule has 1 fully saturated rings. The normalized spacial score (nSPS) is 16.6. The molecule has 0 unspecified atom stereocenters. The van der Waals surface area contributed by atoms with Crippen LogP contribution in [-0.4, -0.2) is 36.4 Å². The van der Waals surface area contributed by atoms with E-state index in [4.69, 9.17) is 5.73 Å². The molecule has 2 rings (SSSR count). The largest absolute Gasteiger partial charge is 0.370 e. The van der Waals surface area contributed by atoms with E-state index < -0.39 is 0 Å². The van der Waals surface area contributed by atoms with Gasteiger partial charge in [0.25, 0.3) is 0 Å². The Morgan fingerprint density at radius 3 is 2.55 bits per heavy atom. The van der Waals surface area contributed by atoms with E-state index in [-0.39, 0.29) is 5.91 Å². The first-order valence-electron chi connectivity index (χ1n) is 7.96. The Morgan fingerprint density at radius 1 is 1.32 bits per heavy atom. The van der Waals surface area contributed by atoms with Crippen LogP contribution in [0.3, 0.4) is 0 Å². The van der Waals surface area contributed by atoms with Crippen LogP contribution in [0.25, 0.3) is 0 Å². The summed E-state index contributed by atoms with van der Waals surface area (Å²) in [5.74, 6) is 1.41. The molecule has 0 aromatic heterocycles. The van der Waals surface area contributed by atoms with E-state index >= 15 is 0 Å². The fourth-order valence-corrected chi connectivity index (χ4v) is 2.60. The molecule has 1 aliphatic heterocycles. The van der Waals surface area contributed by atoms with Gasteiger partial charge in [0, 0.05) is 32.2 Å². The summed E-state index contributed by atoms with van der Waals surface area (Å²) in [6.45, 7) is 6.52. The average molecular weight is 302 g/mol. The fraction of sp³-hybridized carbons (Fsp3) is 0.529. The Hall–Kier alpha value is -2.04. The zero-order valence-corrected chi connectivity index (χ0v) is 13.5. The van der Waals surface area contributed by atoms with Gasteiger partial charge in [-0.25, -0.2) is 0 Å². The number of nitrogens with one attached hydrogen (secondary N) is 1. The zero-order valence-electron chi connectivity index (χ0n) is 13.5. The van der Waals surface area contributed by atoms with Crippen LogP contribution < -0.4 is 11.1 Å². The molecule has 1 aliphatic rings. The van der Waals surface area contributed by atoms with Gasteiger partial charge in [-0.1, -0.05) is 19.1 Å². The summed E-state index contributed by atoms with van der Waals surface area (Å²) < 4.78 is 0. The number of benzene rings is 1. The van der Waals surface area contributed by atoms with Crippen LogP contribution >= 0.6 is 0 Å². The Labute approximate surface area is 132 Å². The van der Waals surface area contributed by atoms with Gasteiger partial charge in [0.15, 0.2) is 5.96 Å². The molecule has 1 aromatic rings. The monoisotopic (exact) mass is 302 g/mol. The quantitative estimate of drug-likeness (QED) is 0.662. The Morgan fingerprint density at radius 2 is 1.95 bits per heavy atom. The number of piperidine rings is 1. The summed E-state index contributed by atoms with van der Waals surface area (Å²) in [7, 11) is 0. The van der Waals surface area contributed by atoms with E-state index in [1.54, 1.807) is 0 Å². The van der Waals surface area contributed by atoms with E-state index in [9.17, 15) is 4.79 Å². The van der Waals surface area contributed by atoms with Crippen molar-refractivity contribution in [1.82, 2.24) is 4.90 Å². The first-order chi connectivity index (χ1) is 10.5. The van der Waals surface area contributed by atoms with E-state index in [0.717, 1.165) is 31.1 Å². The molecule has 5 nitrogen and oxygen atoms in total. The van der Waals surface area contributed by atoms with Gasteiger partial charge < -0.3 is 16.0 Å². The SMILES string of the molecule is CC(=O)Nc1ccc(CCN=C(N)N2CCC(C)CC2)cc1. The lowest BCUT2D eigenvalue weighted by molar-refractivity contribution is -0.114. The van der Waals surface area contributed by atoms with Crippen LogP contribution in [-0.2, 0) is 11.2 Å². The van der Waals surface area contributed by atoms with Gasteiger partial charge in [0.05, 0.1) is 0 Å². The molecule has 0 atom stereocenters. The van der Waals surface area contributed by atoms with Crippen molar-refractivity contribution in [3.05, 3.63) is 29.8 Å². The van der Waals surface area contributed by atoms with Gasteiger partial charge >= 0.3 is 0 Å². The minimum absolute atomic E-state index is 0.0547. The minimum Gasteiger partial charge on any atom is -0.370 e. The van der Waals surface area contributed by atoms with Crippen LogP contribution in [0.15, 0.2) is 29.3 Å². The van der Waals surface area contributed by atoms with Crippen LogP contribution in [0.1, 0.15) is 32.3 Å². The number of carbonyl (C=O) groups is 1. The number of hydrogen-bond donors (Lipinski definition) is 2. The molecule has 5 heteroatoms. The van der Waals surface area contributed by atoms with Gasteiger partial charge in [-0.15, -0.1) is 0 Å². The molecule has 1 saturated heterocycles. The van der Waals surface area contributed by atoms with E-state index in [1.165, 1.54) is 25.3 Å². The second-order valence-corrected chi connectivity index (χ2v) is 6.04. The maximum absolute atomic E-state index is 11.0. The number of nitrogens with zero attached hydrogens (tertiary/aromatic N) is 2. The molecule has 0 aliphatic carbocycles. The Bertz CT molecular complexity index is 516. The molecule has 3 N–H and O–H groups in total. The van der Waals surface area contributed by atoms with E-state index in [0.29, 0.717) is 12.5 Å². The molecule has 0 bridgehead atoms. The molecule has 1 aromatic carbocycles. The van der Waals surface area contributed by atoms with Crippen molar-refractivity contribution < 1.29 is 4.79 Å². The van der Waals surface area contributed by atoms with Crippen LogP contribution in [0, 0.1) is 5.92 Å². The van der Waals surface area contributed by atoms with Crippen molar-refractivity contribution >= 4 is 17.6 Å². The third-order valence-electron chi connectivity index (χ3n) is 4.06. The van der Waals surface area contributed by atoms with Crippen molar-refractivity contribution in [2.75, 3.05) is 25.0 Å². The second kappa shape index (κ2) is 7.82. The number of likely N-dealkylation sites (tertiary alicyclic amines) is 1. The van der Waals surface area contributed by atoms with Gasteiger partial charge in [0.2, 0.25) is 5.91 Å². The lowest BCUT2D eigenvalue weighted by Gasteiger charge is -2.31. The van der Waals surface area contributed by atoms with Crippen molar-refractivity contribution in [3.63, 3.8) is 0 Å².